The van der Waals surface area contributed by atoms with Crippen LogP contribution in [0.15, 0.2) is 35.9 Å². The third kappa shape index (κ3) is 12.4. The fourth-order valence-electron chi connectivity index (χ4n) is 6.30. The SMILES string of the molecule is C=C(C)[C@@H]1CCC(C)=C[C@@H]1c1c(O)cc(CCCCCCCCCCCCCCCCCCCC)cc1O. The van der Waals surface area contributed by atoms with Crippen LogP contribution in [0.3, 0.4) is 0 Å². The third-order valence-corrected chi connectivity index (χ3v) is 8.73. The molecular formula is C36H60O2. The Hall–Kier alpha value is -1.70. The number of phenolic OH excluding ortho intramolecular Hbond substituents is 2. The standard InChI is InChI=1S/C36H60O2/c1-5-6-7-8-9-10-11-12-13-14-15-16-17-18-19-20-21-22-23-31-27-34(37)36(35(38)28-31)33-26-30(4)24-25-32(33)29(2)3/h26-28,32-33,37-38H,2,5-25H2,1,3-4H3/t32-,33-/m0/s1. The Kier molecular flexibility index (Phi) is 16.6. The average Bonchev–Trinajstić information content (AvgIpc) is 2.87. The molecule has 0 amide bonds. The zero-order valence-electron chi connectivity index (χ0n) is 25.3. The number of allylic oxidation sites excluding steroid dienone is 3. The van der Waals surface area contributed by atoms with Gasteiger partial charge in [-0.3, -0.25) is 0 Å². The summed E-state index contributed by atoms with van der Waals surface area (Å²) in [5, 5.41) is 21.7. The van der Waals surface area contributed by atoms with Crippen molar-refractivity contribution in [1.82, 2.24) is 0 Å². The molecule has 0 aromatic heterocycles. The van der Waals surface area contributed by atoms with E-state index in [2.05, 4.69) is 33.4 Å². The molecule has 0 heterocycles. The predicted molar refractivity (Wildman–Crippen MR) is 166 cm³/mol. The molecule has 0 unspecified atom stereocenters. The van der Waals surface area contributed by atoms with Gasteiger partial charge in [0.25, 0.3) is 0 Å². The first kappa shape index (κ1) is 32.5. The first-order chi connectivity index (χ1) is 18.4. The molecule has 1 aliphatic rings. The quantitative estimate of drug-likeness (QED) is 0.124. The molecule has 2 rings (SSSR count). The molecule has 2 nitrogen and oxygen atoms in total. The van der Waals surface area contributed by atoms with Gasteiger partial charge in [-0.05, 0) is 63.1 Å². The van der Waals surface area contributed by atoms with E-state index in [-0.39, 0.29) is 23.3 Å². The normalized spacial score (nSPS) is 17.5. The van der Waals surface area contributed by atoms with Gasteiger partial charge in [0, 0.05) is 11.5 Å². The third-order valence-electron chi connectivity index (χ3n) is 8.73. The van der Waals surface area contributed by atoms with Crippen LogP contribution in [0.4, 0.5) is 0 Å². The van der Waals surface area contributed by atoms with Crippen molar-refractivity contribution < 1.29 is 10.2 Å². The highest BCUT2D eigenvalue weighted by atomic mass is 16.3. The molecule has 0 fully saturated rings. The molecule has 0 saturated heterocycles. The number of unbranched alkanes of at least 4 members (excludes halogenated alkanes) is 17. The molecule has 216 valence electrons. The fourth-order valence-corrected chi connectivity index (χ4v) is 6.30. The predicted octanol–water partition coefficient (Wildman–Crippen LogP) is 11.7. The molecule has 38 heavy (non-hydrogen) atoms. The van der Waals surface area contributed by atoms with E-state index in [0.29, 0.717) is 5.56 Å². The Bertz CT molecular complexity index is 798. The number of benzene rings is 1. The summed E-state index contributed by atoms with van der Waals surface area (Å²) >= 11 is 0. The van der Waals surface area contributed by atoms with E-state index in [1.165, 1.54) is 115 Å². The monoisotopic (exact) mass is 524 g/mol. The van der Waals surface area contributed by atoms with Gasteiger partial charge in [0.05, 0.1) is 0 Å². The molecule has 0 spiro atoms. The molecule has 2 N–H and O–H groups in total. The molecule has 1 aromatic rings. The molecule has 0 radical (unpaired) electrons. The first-order valence-corrected chi connectivity index (χ1v) is 16.3. The van der Waals surface area contributed by atoms with Gasteiger partial charge in [0.1, 0.15) is 11.5 Å². The van der Waals surface area contributed by atoms with Crippen LogP contribution in [0.25, 0.3) is 0 Å². The lowest BCUT2D eigenvalue weighted by Gasteiger charge is -2.31. The number of aromatic hydroxyl groups is 2. The van der Waals surface area contributed by atoms with Crippen molar-refractivity contribution in [3.8, 4) is 11.5 Å². The van der Waals surface area contributed by atoms with Crippen LogP contribution in [-0.4, -0.2) is 10.2 Å². The molecule has 0 saturated carbocycles. The van der Waals surface area contributed by atoms with Crippen LogP contribution in [0.1, 0.15) is 166 Å². The van der Waals surface area contributed by atoms with Gasteiger partial charge in [-0.15, -0.1) is 0 Å². The van der Waals surface area contributed by atoms with Gasteiger partial charge in [0.2, 0.25) is 0 Å². The lowest BCUT2D eigenvalue weighted by molar-refractivity contribution is 0.406. The Morgan fingerprint density at radius 1 is 0.737 bits per heavy atom. The number of hydrogen-bond acceptors (Lipinski definition) is 2. The minimum absolute atomic E-state index is 0.0143. The maximum Gasteiger partial charge on any atom is 0.123 e. The molecule has 2 atom stereocenters. The number of phenols is 2. The summed E-state index contributed by atoms with van der Waals surface area (Å²) in [5.41, 5.74) is 4.18. The van der Waals surface area contributed by atoms with Gasteiger partial charge < -0.3 is 10.2 Å². The Morgan fingerprint density at radius 2 is 1.16 bits per heavy atom. The second-order valence-electron chi connectivity index (χ2n) is 12.3. The lowest BCUT2D eigenvalue weighted by atomic mass is 9.73. The van der Waals surface area contributed by atoms with Crippen LogP contribution in [0.5, 0.6) is 11.5 Å². The maximum absolute atomic E-state index is 10.8. The van der Waals surface area contributed by atoms with Gasteiger partial charge in [-0.1, -0.05) is 140 Å². The summed E-state index contributed by atoms with van der Waals surface area (Å²) < 4.78 is 0. The molecule has 0 bridgehead atoms. The highest BCUT2D eigenvalue weighted by molar-refractivity contribution is 5.51. The fraction of sp³-hybridized carbons (Fsp3) is 0.722. The summed E-state index contributed by atoms with van der Waals surface area (Å²) in [6.07, 6.45) is 30.1. The van der Waals surface area contributed by atoms with Gasteiger partial charge in [-0.25, -0.2) is 0 Å². The van der Waals surface area contributed by atoms with E-state index in [1.54, 1.807) is 0 Å². The second-order valence-corrected chi connectivity index (χ2v) is 12.3. The summed E-state index contributed by atoms with van der Waals surface area (Å²) in [4.78, 5) is 0. The van der Waals surface area contributed by atoms with E-state index in [9.17, 15) is 10.2 Å². The molecule has 0 aliphatic heterocycles. The van der Waals surface area contributed by atoms with Crippen molar-refractivity contribution in [3.05, 3.63) is 47.1 Å². The van der Waals surface area contributed by atoms with Crippen molar-refractivity contribution in [2.24, 2.45) is 5.92 Å². The van der Waals surface area contributed by atoms with Gasteiger partial charge in [-0.2, -0.15) is 0 Å². The summed E-state index contributed by atoms with van der Waals surface area (Å²) in [7, 11) is 0. The van der Waals surface area contributed by atoms with Crippen LogP contribution < -0.4 is 0 Å². The summed E-state index contributed by atoms with van der Waals surface area (Å²) in [6.45, 7) is 10.7. The van der Waals surface area contributed by atoms with Crippen molar-refractivity contribution >= 4 is 0 Å². The Morgan fingerprint density at radius 3 is 1.58 bits per heavy atom. The highest BCUT2D eigenvalue weighted by Crippen LogP contribution is 2.46. The van der Waals surface area contributed by atoms with Crippen molar-refractivity contribution in [2.45, 2.75) is 162 Å². The highest BCUT2D eigenvalue weighted by Gasteiger charge is 2.30. The zero-order valence-corrected chi connectivity index (χ0v) is 25.3. The maximum atomic E-state index is 10.8. The number of aryl methyl sites for hydroxylation is 1. The average molecular weight is 525 g/mol. The van der Waals surface area contributed by atoms with Crippen molar-refractivity contribution in [1.29, 1.82) is 0 Å². The minimum atomic E-state index is 0.0143. The van der Waals surface area contributed by atoms with Crippen molar-refractivity contribution in [3.63, 3.8) is 0 Å². The second kappa shape index (κ2) is 19.4. The molecular weight excluding hydrogens is 464 g/mol. The largest absolute Gasteiger partial charge is 0.507 e. The number of hydrogen-bond donors (Lipinski definition) is 2. The molecule has 1 aliphatic carbocycles. The van der Waals surface area contributed by atoms with Crippen LogP contribution in [0, 0.1) is 5.92 Å². The van der Waals surface area contributed by atoms with E-state index in [0.717, 1.165) is 36.8 Å². The number of rotatable bonds is 21. The van der Waals surface area contributed by atoms with Crippen LogP contribution >= 0.6 is 0 Å². The van der Waals surface area contributed by atoms with E-state index < -0.39 is 0 Å². The summed E-state index contributed by atoms with van der Waals surface area (Å²) in [5.74, 6) is 0.769. The lowest BCUT2D eigenvalue weighted by Crippen LogP contribution is -2.17. The topological polar surface area (TPSA) is 40.5 Å². The van der Waals surface area contributed by atoms with E-state index in [1.807, 2.05) is 12.1 Å². The molecule has 2 heteroatoms. The van der Waals surface area contributed by atoms with E-state index in [4.69, 9.17) is 0 Å². The van der Waals surface area contributed by atoms with Crippen molar-refractivity contribution in [2.75, 3.05) is 0 Å². The molecule has 1 aromatic carbocycles. The van der Waals surface area contributed by atoms with Crippen LogP contribution in [-0.2, 0) is 6.42 Å². The summed E-state index contributed by atoms with van der Waals surface area (Å²) in [6, 6.07) is 3.77. The van der Waals surface area contributed by atoms with Gasteiger partial charge >= 0.3 is 0 Å². The first-order valence-electron chi connectivity index (χ1n) is 16.3. The minimum Gasteiger partial charge on any atom is -0.507 e. The van der Waals surface area contributed by atoms with Crippen LogP contribution in [0.2, 0.25) is 0 Å². The van der Waals surface area contributed by atoms with Gasteiger partial charge in [0.15, 0.2) is 0 Å². The Balaban J connectivity index is 1.53. The Labute approximate surface area is 236 Å². The zero-order chi connectivity index (χ0) is 27.6. The van der Waals surface area contributed by atoms with E-state index >= 15 is 0 Å². The smallest absolute Gasteiger partial charge is 0.123 e.